The molecule has 0 spiro atoms. The number of hydrogen-bond acceptors (Lipinski definition) is 3. The van der Waals surface area contributed by atoms with Gasteiger partial charge in [0.15, 0.2) is 0 Å². The molecule has 1 aromatic carbocycles. The lowest BCUT2D eigenvalue weighted by atomic mass is 10.2. The number of amides is 1. The van der Waals surface area contributed by atoms with E-state index < -0.39 is 12.1 Å². The molecule has 2 aromatic rings. The molecule has 0 aliphatic heterocycles. The lowest BCUT2D eigenvalue weighted by Crippen LogP contribution is -2.37. The molecule has 1 aromatic heterocycles. The monoisotopic (exact) mass is 300 g/mol. The highest BCUT2D eigenvalue weighted by atomic mass is 32.1. The van der Waals surface area contributed by atoms with Gasteiger partial charge in [-0.15, -0.1) is 11.3 Å². The van der Waals surface area contributed by atoms with Gasteiger partial charge in [-0.25, -0.2) is 4.98 Å². The molecule has 0 bridgehead atoms. The Bertz CT molecular complexity index is 581. The minimum Gasteiger partial charge on any atom is -0.348 e. The Kier molecular flexibility index (Phi) is 4.39. The van der Waals surface area contributed by atoms with Gasteiger partial charge in [0.05, 0.1) is 10.7 Å². The fourth-order valence-corrected chi connectivity index (χ4v) is 2.36. The van der Waals surface area contributed by atoms with Crippen LogP contribution in [0.1, 0.15) is 5.01 Å². The molecule has 1 N–H and O–H groups in total. The zero-order valence-corrected chi connectivity index (χ0v) is 11.1. The summed E-state index contributed by atoms with van der Waals surface area (Å²) in [7, 11) is 0. The normalized spacial score (nSPS) is 11.3. The van der Waals surface area contributed by atoms with E-state index in [1.54, 1.807) is 0 Å². The van der Waals surface area contributed by atoms with Crippen LogP contribution < -0.4 is 5.32 Å². The van der Waals surface area contributed by atoms with E-state index in [0.717, 1.165) is 11.3 Å². The summed E-state index contributed by atoms with van der Waals surface area (Å²) in [5.41, 5.74) is 1.74. The Morgan fingerprint density at radius 2 is 1.95 bits per heavy atom. The molecule has 1 heterocycles. The van der Waals surface area contributed by atoms with Crippen molar-refractivity contribution in [3.8, 4) is 11.3 Å². The van der Waals surface area contributed by atoms with Crippen molar-refractivity contribution in [2.45, 2.75) is 12.6 Å². The molecule has 7 heteroatoms. The van der Waals surface area contributed by atoms with Crippen LogP contribution in [-0.4, -0.2) is 23.6 Å². The number of hydrogen-bond donors (Lipinski definition) is 1. The van der Waals surface area contributed by atoms with E-state index in [-0.39, 0.29) is 13.0 Å². The van der Waals surface area contributed by atoms with Gasteiger partial charge >= 0.3 is 12.1 Å². The number of halogens is 3. The first kappa shape index (κ1) is 14.5. The topological polar surface area (TPSA) is 42.0 Å². The number of aromatic nitrogens is 1. The maximum absolute atomic E-state index is 12.0. The van der Waals surface area contributed by atoms with Crippen molar-refractivity contribution >= 4 is 17.2 Å². The van der Waals surface area contributed by atoms with Gasteiger partial charge in [-0.2, -0.15) is 13.2 Å². The van der Waals surface area contributed by atoms with Crippen molar-refractivity contribution in [2.24, 2.45) is 0 Å². The van der Waals surface area contributed by atoms with Gasteiger partial charge in [-0.1, -0.05) is 30.3 Å². The number of thiazole rings is 1. The second-order valence-electron chi connectivity index (χ2n) is 4.00. The molecule has 106 valence electrons. The van der Waals surface area contributed by atoms with Crippen LogP contribution in [0.4, 0.5) is 13.2 Å². The second kappa shape index (κ2) is 6.04. The number of alkyl halides is 3. The molecule has 0 aliphatic rings. The van der Waals surface area contributed by atoms with Crippen LogP contribution in [0.2, 0.25) is 0 Å². The highest BCUT2D eigenvalue weighted by Gasteiger charge is 2.38. The summed E-state index contributed by atoms with van der Waals surface area (Å²) in [5, 5.41) is 4.35. The fraction of sp³-hybridized carbons (Fsp3) is 0.231. The number of nitrogens with zero attached hydrogens (tertiary/aromatic N) is 1. The second-order valence-corrected chi connectivity index (χ2v) is 4.94. The van der Waals surface area contributed by atoms with Crippen LogP contribution in [-0.2, 0) is 11.2 Å². The van der Waals surface area contributed by atoms with Crippen molar-refractivity contribution < 1.29 is 18.0 Å². The molecule has 0 saturated carbocycles. The lowest BCUT2D eigenvalue weighted by Gasteiger charge is -2.06. The first-order valence-electron chi connectivity index (χ1n) is 5.81. The molecule has 0 atom stereocenters. The van der Waals surface area contributed by atoms with Crippen LogP contribution >= 0.6 is 11.3 Å². The van der Waals surface area contributed by atoms with Crippen molar-refractivity contribution in [2.75, 3.05) is 6.54 Å². The first-order valence-corrected chi connectivity index (χ1v) is 6.69. The SMILES string of the molecule is O=C(NCCc1nc(-c2ccccc2)cs1)C(F)(F)F. The van der Waals surface area contributed by atoms with Crippen molar-refractivity contribution in [1.82, 2.24) is 10.3 Å². The predicted octanol–water partition coefficient (Wildman–Crippen LogP) is 3.03. The number of carbonyl (C=O) groups excluding carboxylic acids is 1. The van der Waals surface area contributed by atoms with E-state index in [0.29, 0.717) is 5.01 Å². The average molecular weight is 300 g/mol. The third-order valence-corrected chi connectivity index (χ3v) is 3.41. The van der Waals surface area contributed by atoms with E-state index in [1.807, 2.05) is 41.0 Å². The van der Waals surface area contributed by atoms with Gasteiger partial charge in [-0.05, 0) is 0 Å². The molecule has 1 amide bonds. The molecule has 0 aliphatic carbocycles. The third kappa shape index (κ3) is 3.80. The van der Waals surface area contributed by atoms with Crippen LogP contribution in [0.3, 0.4) is 0 Å². The van der Waals surface area contributed by atoms with Crippen LogP contribution in [0, 0.1) is 0 Å². The minimum absolute atomic E-state index is 0.0832. The van der Waals surface area contributed by atoms with Gasteiger partial charge in [0, 0.05) is 23.9 Å². The number of benzene rings is 1. The molecular weight excluding hydrogens is 289 g/mol. The number of nitrogens with one attached hydrogen (secondary N) is 1. The largest absolute Gasteiger partial charge is 0.471 e. The average Bonchev–Trinajstić information content (AvgIpc) is 2.87. The van der Waals surface area contributed by atoms with Crippen LogP contribution in [0.15, 0.2) is 35.7 Å². The number of rotatable bonds is 4. The summed E-state index contributed by atoms with van der Waals surface area (Å²) in [6.07, 6.45) is -4.56. The van der Waals surface area contributed by atoms with E-state index in [1.165, 1.54) is 11.3 Å². The van der Waals surface area contributed by atoms with Gasteiger partial charge in [0.2, 0.25) is 0 Å². The summed E-state index contributed by atoms with van der Waals surface area (Å²) in [6, 6.07) is 9.48. The standard InChI is InChI=1S/C13H11F3N2OS/c14-13(15,16)12(19)17-7-6-11-18-10(8-20-11)9-4-2-1-3-5-9/h1-5,8H,6-7H2,(H,17,19). The Morgan fingerprint density at radius 1 is 1.25 bits per heavy atom. The van der Waals surface area contributed by atoms with Crippen molar-refractivity contribution in [3.05, 3.63) is 40.7 Å². The zero-order valence-electron chi connectivity index (χ0n) is 10.3. The van der Waals surface area contributed by atoms with Crippen molar-refractivity contribution in [1.29, 1.82) is 0 Å². The fourth-order valence-electron chi connectivity index (χ4n) is 1.55. The van der Waals surface area contributed by atoms with Crippen LogP contribution in [0.25, 0.3) is 11.3 Å². The highest BCUT2D eigenvalue weighted by Crippen LogP contribution is 2.21. The third-order valence-electron chi connectivity index (χ3n) is 2.50. The molecular formula is C13H11F3N2OS. The van der Waals surface area contributed by atoms with Gasteiger partial charge < -0.3 is 5.32 Å². The Balaban J connectivity index is 1.90. The smallest absolute Gasteiger partial charge is 0.348 e. The van der Waals surface area contributed by atoms with E-state index in [4.69, 9.17) is 0 Å². The summed E-state index contributed by atoms with van der Waals surface area (Å²) in [4.78, 5) is 15.0. The van der Waals surface area contributed by atoms with Gasteiger partial charge in [0.1, 0.15) is 0 Å². The Hall–Kier alpha value is -1.89. The van der Waals surface area contributed by atoms with Gasteiger partial charge in [-0.3, -0.25) is 4.79 Å². The molecule has 0 fully saturated rings. The minimum atomic E-state index is -4.84. The van der Waals surface area contributed by atoms with Crippen molar-refractivity contribution in [3.63, 3.8) is 0 Å². The van der Waals surface area contributed by atoms with E-state index >= 15 is 0 Å². The molecule has 0 unspecified atom stereocenters. The molecule has 3 nitrogen and oxygen atoms in total. The first-order chi connectivity index (χ1) is 9.47. The molecule has 0 saturated heterocycles. The Labute approximate surface area is 117 Å². The summed E-state index contributed by atoms with van der Waals surface area (Å²) < 4.78 is 35.9. The molecule has 0 radical (unpaired) electrons. The summed E-state index contributed by atoms with van der Waals surface area (Å²) in [6.45, 7) is -0.0832. The maximum Gasteiger partial charge on any atom is 0.471 e. The van der Waals surface area contributed by atoms with Crippen LogP contribution in [0.5, 0.6) is 0 Å². The Morgan fingerprint density at radius 3 is 2.60 bits per heavy atom. The summed E-state index contributed by atoms with van der Waals surface area (Å²) in [5.74, 6) is -1.92. The van der Waals surface area contributed by atoms with E-state index in [2.05, 4.69) is 4.98 Å². The molecule has 20 heavy (non-hydrogen) atoms. The van der Waals surface area contributed by atoms with Gasteiger partial charge in [0.25, 0.3) is 0 Å². The number of carbonyl (C=O) groups is 1. The lowest BCUT2D eigenvalue weighted by molar-refractivity contribution is -0.173. The quantitative estimate of drug-likeness (QED) is 0.943. The highest BCUT2D eigenvalue weighted by molar-refractivity contribution is 7.09. The van der Waals surface area contributed by atoms with E-state index in [9.17, 15) is 18.0 Å². The zero-order chi connectivity index (χ0) is 14.6. The molecule has 2 rings (SSSR count). The predicted molar refractivity (Wildman–Crippen MR) is 70.3 cm³/mol. The summed E-state index contributed by atoms with van der Waals surface area (Å²) >= 11 is 1.36. The maximum atomic E-state index is 12.0.